The molecule has 0 saturated carbocycles. The van der Waals surface area contributed by atoms with E-state index in [1.807, 2.05) is 36.5 Å². The Balaban J connectivity index is 2.36. The van der Waals surface area contributed by atoms with Crippen LogP contribution in [0.3, 0.4) is 0 Å². The zero-order valence-corrected chi connectivity index (χ0v) is 13.2. The topological polar surface area (TPSA) is 0 Å². The first kappa shape index (κ1) is 17.5. The molecule has 1 aliphatic rings. The van der Waals surface area contributed by atoms with Crippen molar-refractivity contribution in [1.82, 2.24) is 0 Å². The van der Waals surface area contributed by atoms with E-state index in [4.69, 9.17) is 0 Å². The smallest absolute Gasteiger partial charge is 0.0276 e. The Morgan fingerprint density at radius 1 is 0.476 bits per heavy atom. The quantitative estimate of drug-likeness (QED) is 0.466. The standard InChI is InChI=1S/C21H29/c1-2-4-6-8-10-12-14-16-18-20-21-19-17-15-13-11-9-7-5-3-1/h1-11H,12,14-21H2/b2-1-,5-3-,6-4-,9-7+,10-8+,13-11?. The lowest BCUT2D eigenvalue weighted by molar-refractivity contribution is 0.582. The van der Waals surface area contributed by atoms with Crippen LogP contribution in [0.1, 0.15) is 57.8 Å². The van der Waals surface area contributed by atoms with Gasteiger partial charge in [0.25, 0.3) is 0 Å². The molecule has 0 bridgehead atoms. The van der Waals surface area contributed by atoms with Gasteiger partial charge in [-0.2, -0.15) is 0 Å². The van der Waals surface area contributed by atoms with Crippen LogP contribution in [-0.2, 0) is 0 Å². The zero-order chi connectivity index (χ0) is 14.8. The van der Waals surface area contributed by atoms with Gasteiger partial charge in [-0.15, -0.1) is 0 Å². The monoisotopic (exact) mass is 281 g/mol. The third-order valence-electron chi connectivity index (χ3n) is 3.43. The first-order chi connectivity index (χ1) is 10.5. The molecular formula is C21H29. The van der Waals surface area contributed by atoms with Crippen LogP contribution in [0.2, 0.25) is 0 Å². The molecule has 0 atom stereocenters. The number of rotatable bonds is 0. The van der Waals surface area contributed by atoms with Crippen LogP contribution >= 0.6 is 0 Å². The fourth-order valence-corrected chi connectivity index (χ4v) is 2.20. The second-order valence-corrected chi connectivity index (χ2v) is 5.35. The van der Waals surface area contributed by atoms with Crippen molar-refractivity contribution in [2.45, 2.75) is 57.8 Å². The van der Waals surface area contributed by atoms with E-state index in [0.717, 1.165) is 6.42 Å². The SMILES string of the molecule is [C]1=C/C=C/C=C\C=C/C=C\C=C\CCCCCCCCC/1. The maximum Gasteiger partial charge on any atom is -0.0276 e. The summed E-state index contributed by atoms with van der Waals surface area (Å²) in [6.07, 6.45) is 38.0. The molecule has 0 aliphatic heterocycles. The average Bonchev–Trinajstić information content (AvgIpc) is 2.50. The van der Waals surface area contributed by atoms with Gasteiger partial charge in [0.05, 0.1) is 0 Å². The van der Waals surface area contributed by atoms with Crippen LogP contribution in [0.5, 0.6) is 0 Å². The van der Waals surface area contributed by atoms with Gasteiger partial charge in [0.2, 0.25) is 0 Å². The normalized spacial score (nSPS) is 28.6. The van der Waals surface area contributed by atoms with E-state index in [9.17, 15) is 0 Å². The maximum absolute atomic E-state index is 3.33. The molecule has 1 rings (SSSR count). The van der Waals surface area contributed by atoms with Crippen LogP contribution in [0.4, 0.5) is 0 Å². The summed E-state index contributed by atoms with van der Waals surface area (Å²) in [5, 5.41) is 0. The van der Waals surface area contributed by atoms with Crippen molar-refractivity contribution < 1.29 is 0 Å². The average molecular weight is 281 g/mol. The van der Waals surface area contributed by atoms with Gasteiger partial charge in [-0.25, -0.2) is 0 Å². The molecule has 0 fully saturated rings. The minimum absolute atomic E-state index is 1.09. The Morgan fingerprint density at radius 3 is 1.71 bits per heavy atom. The Hall–Kier alpha value is -1.56. The second kappa shape index (κ2) is 14.8. The molecule has 0 nitrogen and oxygen atoms in total. The van der Waals surface area contributed by atoms with Crippen LogP contribution in [0, 0.1) is 6.08 Å². The van der Waals surface area contributed by atoms with Crippen LogP contribution in [-0.4, -0.2) is 0 Å². The van der Waals surface area contributed by atoms with Gasteiger partial charge < -0.3 is 0 Å². The first-order valence-electron chi connectivity index (χ1n) is 8.38. The van der Waals surface area contributed by atoms with E-state index in [-0.39, 0.29) is 0 Å². The van der Waals surface area contributed by atoms with E-state index in [1.165, 1.54) is 51.4 Å². The lowest BCUT2D eigenvalue weighted by Gasteiger charge is -1.99. The van der Waals surface area contributed by atoms with E-state index in [0.29, 0.717) is 0 Å². The van der Waals surface area contributed by atoms with E-state index < -0.39 is 0 Å². The summed E-state index contributed by atoms with van der Waals surface area (Å²) in [6.45, 7) is 0. The molecule has 113 valence electrons. The molecule has 0 N–H and O–H groups in total. The summed E-state index contributed by atoms with van der Waals surface area (Å²) in [6, 6.07) is 0. The summed E-state index contributed by atoms with van der Waals surface area (Å²) >= 11 is 0. The Bertz CT molecular complexity index is 350. The summed E-state index contributed by atoms with van der Waals surface area (Å²) in [7, 11) is 0. The molecule has 0 heteroatoms. The summed E-state index contributed by atoms with van der Waals surface area (Å²) in [4.78, 5) is 0. The predicted octanol–water partition coefficient (Wildman–Crippen LogP) is 6.65. The highest BCUT2D eigenvalue weighted by molar-refractivity contribution is 5.19. The minimum atomic E-state index is 1.09. The second-order valence-electron chi connectivity index (χ2n) is 5.35. The molecule has 0 spiro atoms. The maximum atomic E-state index is 3.33. The molecule has 0 saturated heterocycles. The van der Waals surface area contributed by atoms with E-state index >= 15 is 0 Å². The van der Waals surface area contributed by atoms with Crippen molar-refractivity contribution >= 4 is 0 Å². The molecular weight excluding hydrogens is 252 g/mol. The van der Waals surface area contributed by atoms with Crippen LogP contribution in [0.15, 0.2) is 66.8 Å². The Morgan fingerprint density at radius 2 is 1.00 bits per heavy atom. The fourth-order valence-electron chi connectivity index (χ4n) is 2.20. The van der Waals surface area contributed by atoms with Gasteiger partial charge in [0.15, 0.2) is 0 Å². The highest BCUT2D eigenvalue weighted by atomic mass is 14.0. The van der Waals surface area contributed by atoms with Crippen molar-refractivity contribution in [3.8, 4) is 0 Å². The van der Waals surface area contributed by atoms with Gasteiger partial charge in [-0.3, -0.25) is 0 Å². The molecule has 0 aromatic rings. The third-order valence-corrected chi connectivity index (χ3v) is 3.43. The molecule has 21 heavy (non-hydrogen) atoms. The van der Waals surface area contributed by atoms with Crippen molar-refractivity contribution in [2.24, 2.45) is 0 Å². The van der Waals surface area contributed by atoms with E-state index in [2.05, 4.69) is 36.5 Å². The molecule has 0 amide bonds. The summed E-state index contributed by atoms with van der Waals surface area (Å²) in [5.74, 6) is 0. The lowest BCUT2D eigenvalue weighted by atomic mass is 10.1. The molecule has 0 aromatic carbocycles. The molecule has 0 unspecified atom stereocenters. The van der Waals surface area contributed by atoms with Crippen molar-refractivity contribution in [2.75, 3.05) is 0 Å². The molecule has 0 aromatic heterocycles. The van der Waals surface area contributed by atoms with Crippen molar-refractivity contribution in [1.29, 1.82) is 0 Å². The van der Waals surface area contributed by atoms with Gasteiger partial charge in [0, 0.05) is 0 Å². The van der Waals surface area contributed by atoms with Crippen molar-refractivity contribution in [3.63, 3.8) is 0 Å². The lowest BCUT2D eigenvalue weighted by Crippen LogP contribution is -1.80. The number of hydrogen-bond donors (Lipinski definition) is 0. The molecule has 0 heterocycles. The van der Waals surface area contributed by atoms with Gasteiger partial charge in [0.1, 0.15) is 0 Å². The summed E-state index contributed by atoms with van der Waals surface area (Å²) < 4.78 is 0. The largest absolute Gasteiger partial charge is 0.0845 e. The first-order valence-corrected chi connectivity index (χ1v) is 8.38. The van der Waals surface area contributed by atoms with Crippen LogP contribution in [0.25, 0.3) is 0 Å². The Labute approximate surface area is 131 Å². The van der Waals surface area contributed by atoms with Gasteiger partial charge >= 0.3 is 0 Å². The predicted molar refractivity (Wildman–Crippen MR) is 95.1 cm³/mol. The fraction of sp³-hybridized carbons (Fsp3) is 0.429. The summed E-state index contributed by atoms with van der Waals surface area (Å²) in [5.41, 5.74) is 0. The number of hydrogen-bond acceptors (Lipinski definition) is 0. The van der Waals surface area contributed by atoms with E-state index in [1.54, 1.807) is 0 Å². The Kier molecular flexibility index (Phi) is 12.4. The highest BCUT2D eigenvalue weighted by Gasteiger charge is 1.90. The van der Waals surface area contributed by atoms with Crippen LogP contribution < -0.4 is 0 Å². The highest BCUT2D eigenvalue weighted by Crippen LogP contribution is 2.10. The minimum Gasteiger partial charge on any atom is -0.0845 e. The molecule has 1 radical (unpaired) electrons. The van der Waals surface area contributed by atoms with Gasteiger partial charge in [-0.05, 0) is 31.8 Å². The zero-order valence-electron chi connectivity index (χ0n) is 13.2. The van der Waals surface area contributed by atoms with Gasteiger partial charge in [-0.1, -0.05) is 98.9 Å². The van der Waals surface area contributed by atoms with Crippen molar-refractivity contribution in [3.05, 3.63) is 72.9 Å². The number of allylic oxidation sites excluding steroid dienone is 12. The molecule has 1 aliphatic carbocycles. The third kappa shape index (κ3) is 13.2.